The van der Waals surface area contributed by atoms with Crippen LogP contribution in [0.5, 0.6) is 0 Å². The molecule has 0 aliphatic heterocycles. The SMILES string of the molecule is CC(C)N(CCSc1nc2cc(Cc3ccccc3)ccc2n1OP(=O)(O)O)C(C)C. The van der Waals surface area contributed by atoms with Gasteiger partial charge in [-0.1, -0.05) is 48.2 Å². The van der Waals surface area contributed by atoms with E-state index in [4.69, 9.17) is 4.62 Å². The third kappa shape index (κ3) is 6.57. The number of rotatable bonds is 10. The minimum atomic E-state index is -4.74. The van der Waals surface area contributed by atoms with Gasteiger partial charge in [0, 0.05) is 24.4 Å². The van der Waals surface area contributed by atoms with E-state index in [2.05, 4.69) is 49.7 Å². The molecule has 0 fully saturated rings. The highest BCUT2D eigenvalue weighted by Crippen LogP contribution is 2.35. The number of nitrogens with zero attached hydrogens (tertiary/aromatic N) is 3. The van der Waals surface area contributed by atoms with E-state index in [-0.39, 0.29) is 0 Å². The van der Waals surface area contributed by atoms with Gasteiger partial charge in [-0.05, 0) is 57.4 Å². The second-order valence-corrected chi connectivity index (χ2v) is 10.2. The summed E-state index contributed by atoms with van der Waals surface area (Å²) in [6, 6.07) is 16.6. The van der Waals surface area contributed by atoms with Crippen LogP contribution in [-0.2, 0) is 11.0 Å². The maximum Gasteiger partial charge on any atom is 0.543 e. The normalized spacial score (nSPS) is 12.4. The van der Waals surface area contributed by atoms with Crippen LogP contribution in [0.25, 0.3) is 11.0 Å². The van der Waals surface area contributed by atoms with Gasteiger partial charge in [0.15, 0.2) is 0 Å². The Morgan fingerprint density at radius 1 is 1.06 bits per heavy atom. The molecule has 0 atom stereocenters. The van der Waals surface area contributed by atoms with E-state index in [0.29, 0.717) is 28.3 Å². The van der Waals surface area contributed by atoms with Crippen molar-refractivity contribution in [3.05, 3.63) is 59.7 Å². The van der Waals surface area contributed by atoms with Gasteiger partial charge in [0.05, 0.1) is 5.52 Å². The summed E-state index contributed by atoms with van der Waals surface area (Å²) in [6.45, 7) is 9.46. The highest BCUT2D eigenvalue weighted by Gasteiger charge is 2.23. The van der Waals surface area contributed by atoms with Gasteiger partial charge in [0.25, 0.3) is 0 Å². The van der Waals surface area contributed by atoms with Gasteiger partial charge in [-0.25, -0.2) is 9.55 Å². The lowest BCUT2D eigenvalue weighted by Crippen LogP contribution is -2.38. The first-order valence-corrected chi connectivity index (χ1v) is 12.8. The fraction of sp³-hybridized carbons (Fsp3) is 0.409. The first-order chi connectivity index (χ1) is 14.6. The van der Waals surface area contributed by atoms with Gasteiger partial charge < -0.3 is 4.62 Å². The number of thioether (sulfide) groups is 1. The smallest absolute Gasteiger partial charge is 0.309 e. The topological polar surface area (TPSA) is 87.8 Å². The summed E-state index contributed by atoms with van der Waals surface area (Å²) in [5, 5.41) is 0.433. The van der Waals surface area contributed by atoms with Gasteiger partial charge >= 0.3 is 7.82 Å². The van der Waals surface area contributed by atoms with Crippen LogP contribution < -0.4 is 4.62 Å². The van der Waals surface area contributed by atoms with Crippen molar-refractivity contribution in [1.82, 2.24) is 14.6 Å². The van der Waals surface area contributed by atoms with Crippen molar-refractivity contribution in [2.75, 3.05) is 12.3 Å². The molecule has 0 spiro atoms. The second kappa shape index (κ2) is 10.2. The fourth-order valence-electron chi connectivity index (χ4n) is 3.65. The first-order valence-electron chi connectivity index (χ1n) is 10.3. The van der Waals surface area contributed by atoms with Crippen molar-refractivity contribution in [2.24, 2.45) is 0 Å². The zero-order valence-corrected chi connectivity index (χ0v) is 20.0. The molecule has 168 valence electrons. The van der Waals surface area contributed by atoms with Crippen molar-refractivity contribution < 1.29 is 19.0 Å². The number of imidazole rings is 1. The molecule has 3 rings (SSSR count). The van der Waals surface area contributed by atoms with Gasteiger partial charge in [0.1, 0.15) is 5.52 Å². The standard InChI is InChI=1S/C22H30N3O4PS/c1-16(2)24(17(3)4)12-13-31-22-23-20-15-19(14-18-8-6-5-7-9-18)10-11-21(20)25(22)29-30(26,27)28/h5-11,15-17H,12-14H2,1-4H3,(H2,26,27,28). The van der Waals surface area contributed by atoms with Crippen molar-refractivity contribution >= 4 is 30.6 Å². The molecule has 0 unspecified atom stereocenters. The molecule has 0 saturated carbocycles. The molecule has 0 saturated heterocycles. The molecule has 1 heterocycles. The predicted molar refractivity (Wildman–Crippen MR) is 125 cm³/mol. The monoisotopic (exact) mass is 463 g/mol. The van der Waals surface area contributed by atoms with E-state index in [1.807, 2.05) is 30.3 Å². The average molecular weight is 464 g/mol. The Balaban J connectivity index is 1.86. The number of phosphoric acid groups is 1. The summed E-state index contributed by atoms with van der Waals surface area (Å²) >= 11 is 1.43. The van der Waals surface area contributed by atoms with Crippen LogP contribution in [0.2, 0.25) is 0 Å². The summed E-state index contributed by atoms with van der Waals surface area (Å²) in [6.07, 6.45) is 0.753. The van der Waals surface area contributed by atoms with Crippen molar-refractivity contribution in [2.45, 2.75) is 51.4 Å². The Labute approximate surface area is 187 Å². The van der Waals surface area contributed by atoms with Crippen LogP contribution in [0.3, 0.4) is 0 Å². The van der Waals surface area contributed by atoms with Gasteiger partial charge in [-0.15, -0.1) is 4.73 Å². The fourth-order valence-corrected chi connectivity index (χ4v) is 4.99. The molecule has 1 aromatic heterocycles. The second-order valence-electron chi connectivity index (χ2n) is 8.02. The van der Waals surface area contributed by atoms with E-state index >= 15 is 0 Å². The van der Waals surface area contributed by atoms with Crippen molar-refractivity contribution in [3.63, 3.8) is 0 Å². The van der Waals surface area contributed by atoms with Crippen LogP contribution in [0.4, 0.5) is 0 Å². The number of hydrogen-bond acceptors (Lipinski definition) is 5. The summed E-state index contributed by atoms with van der Waals surface area (Å²) in [5.74, 6) is 0.723. The Hall–Kier alpha value is -1.83. The number of hydrogen-bond donors (Lipinski definition) is 2. The van der Waals surface area contributed by atoms with Gasteiger partial charge in [-0.2, -0.15) is 0 Å². The minimum Gasteiger partial charge on any atom is -0.309 e. The summed E-state index contributed by atoms with van der Waals surface area (Å²) in [4.78, 5) is 25.8. The largest absolute Gasteiger partial charge is 0.543 e. The molecule has 2 aromatic carbocycles. The Bertz CT molecular complexity index is 1040. The number of aromatic nitrogens is 2. The molecule has 0 amide bonds. The van der Waals surface area contributed by atoms with E-state index in [0.717, 1.165) is 24.3 Å². The average Bonchev–Trinajstić information content (AvgIpc) is 3.00. The molecular weight excluding hydrogens is 433 g/mol. The third-order valence-electron chi connectivity index (χ3n) is 4.99. The first kappa shape index (κ1) is 23.8. The van der Waals surface area contributed by atoms with Crippen LogP contribution in [0.1, 0.15) is 38.8 Å². The number of benzene rings is 2. The third-order valence-corrected chi connectivity index (χ3v) is 6.27. The maximum atomic E-state index is 11.6. The summed E-state index contributed by atoms with van der Waals surface area (Å²) in [5.41, 5.74) is 3.44. The Kier molecular flexibility index (Phi) is 7.83. The lowest BCUT2D eigenvalue weighted by molar-refractivity contribution is 0.169. The van der Waals surface area contributed by atoms with Gasteiger partial charge in [-0.3, -0.25) is 14.7 Å². The molecule has 0 aliphatic carbocycles. The molecule has 9 heteroatoms. The zero-order valence-electron chi connectivity index (χ0n) is 18.3. The molecule has 3 aromatic rings. The number of fused-ring (bicyclic) bond motifs is 1. The van der Waals surface area contributed by atoms with E-state index < -0.39 is 7.82 Å². The molecule has 2 N–H and O–H groups in total. The zero-order chi connectivity index (χ0) is 22.6. The van der Waals surface area contributed by atoms with Crippen LogP contribution in [0, 0.1) is 0 Å². The molecule has 31 heavy (non-hydrogen) atoms. The van der Waals surface area contributed by atoms with Crippen LogP contribution in [-0.4, -0.2) is 48.8 Å². The molecular formula is C22H30N3O4PS. The van der Waals surface area contributed by atoms with Crippen LogP contribution >= 0.6 is 19.6 Å². The van der Waals surface area contributed by atoms with Crippen molar-refractivity contribution in [3.8, 4) is 0 Å². The molecule has 7 nitrogen and oxygen atoms in total. The molecule has 0 aliphatic rings. The molecule has 0 bridgehead atoms. The summed E-state index contributed by atoms with van der Waals surface area (Å²) < 4.78 is 17.7. The maximum absolute atomic E-state index is 11.6. The van der Waals surface area contributed by atoms with Gasteiger partial charge in [0.2, 0.25) is 5.16 Å². The Morgan fingerprint density at radius 2 is 1.74 bits per heavy atom. The van der Waals surface area contributed by atoms with E-state index in [1.165, 1.54) is 22.1 Å². The quantitative estimate of drug-likeness (QED) is 0.341. The molecule has 0 radical (unpaired) electrons. The highest BCUT2D eigenvalue weighted by molar-refractivity contribution is 7.99. The van der Waals surface area contributed by atoms with E-state index in [9.17, 15) is 14.4 Å². The minimum absolute atomic E-state index is 0.409. The predicted octanol–water partition coefficient (Wildman–Crippen LogP) is 4.36. The lowest BCUT2D eigenvalue weighted by atomic mass is 10.0. The lowest BCUT2D eigenvalue weighted by Gasteiger charge is -2.30. The van der Waals surface area contributed by atoms with E-state index in [1.54, 1.807) is 6.07 Å². The van der Waals surface area contributed by atoms with Crippen LogP contribution in [0.15, 0.2) is 53.7 Å². The Morgan fingerprint density at radius 3 is 2.35 bits per heavy atom. The van der Waals surface area contributed by atoms with Crippen molar-refractivity contribution in [1.29, 1.82) is 0 Å². The summed E-state index contributed by atoms with van der Waals surface area (Å²) in [7, 11) is -4.74. The highest BCUT2D eigenvalue weighted by atomic mass is 32.2.